The highest BCUT2D eigenvalue weighted by molar-refractivity contribution is 6.01. The van der Waals surface area contributed by atoms with E-state index in [0.29, 0.717) is 5.69 Å². The van der Waals surface area contributed by atoms with E-state index in [0.717, 1.165) is 0 Å². The molecule has 1 aromatic carbocycles. The van der Waals surface area contributed by atoms with Crippen LogP contribution in [0.5, 0.6) is 0 Å². The number of rotatable bonds is 6. The number of nitrogens with zero attached hydrogens (tertiary/aromatic N) is 4. The van der Waals surface area contributed by atoms with Crippen molar-refractivity contribution in [3.05, 3.63) is 64.3 Å². The highest BCUT2D eigenvalue weighted by atomic mass is 19.1. The standard InChI is InChI=1S/C21H20FN7O5/c1-11-5-18(31)26-20(25-11)27-19(32)16-9-28(10-24-16)17-4-3-13(6-15(17)22)29-8-14(34-21(29)33)7-23-12(2)30/h3-6,9-10,14H,7-8H2,1-2H3,(H,23,30)(H2,25,26,27,31,32)/t14-/m0/s1. The predicted molar refractivity (Wildman–Crippen MR) is 117 cm³/mol. The summed E-state index contributed by atoms with van der Waals surface area (Å²) in [5, 5.41) is 5.01. The van der Waals surface area contributed by atoms with E-state index in [1.807, 2.05) is 0 Å². The summed E-state index contributed by atoms with van der Waals surface area (Å²) in [5.41, 5.74) is 0.356. The summed E-state index contributed by atoms with van der Waals surface area (Å²) >= 11 is 0. The van der Waals surface area contributed by atoms with Gasteiger partial charge in [0, 0.05) is 24.9 Å². The molecule has 2 aromatic heterocycles. The first kappa shape index (κ1) is 22.6. The molecule has 1 fully saturated rings. The van der Waals surface area contributed by atoms with E-state index in [2.05, 4.69) is 25.6 Å². The van der Waals surface area contributed by atoms with Crippen molar-refractivity contribution in [2.45, 2.75) is 20.0 Å². The Bertz CT molecular complexity index is 1340. The maximum absolute atomic E-state index is 14.9. The van der Waals surface area contributed by atoms with Gasteiger partial charge >= 0.3 is 6.09 Å². The molecule has 12 nitrogen and oxygen atoms in total. The average molecular weight is 469 g/mol. The number of carbonyl (C=O) groups is 3. The van der Waals surface area contributed by atoms with Crippen molar-refractivity contribution in [1.29, 1.82) is 0 Å². The number of cyclic esters (lactones) is 1. The summed E-state index contributed by atoms with van der Waals surface area (Å²) in [7, 11) is 0. The number of amides is 3. The van der Waals surface area contributed by atoms with Gasteiger partial charge in [-0.2, -0.15) is 0 Å². The summed E-state index contributed by atoms with van der Waals surface area (Å²) in [5.74, 6) is -1.59. The molecule has 176 valence electrons. The Labute approximate surface area is 191 Å². The van der Waals surface area contributed by atoms with E-state index in [4.69, 9.17) is 4.74 Å². The highest BCUT2D eigenvalue weighted by Gasteiger charge is 2.32. The van der Waals surface area contributed by atoms with E-state index in [-0.39, 0.29) is 42.0 Å². The molecular formula is C21H20FN7O5. The first-order valence-electron chi connectivity index (χ1n) is 10.2. The molecule has 13 heteroatoms. The quantitative estimate of drug-likeness (QED) is 0.489. The summed E-state index contributed by atoms with van der Waals surface area (Å²) in [6.07, 6.45) is 1.38. The van der Waals surface area contributed by atoms with Gasteiger partial charge < -0.3 is 14.6 Å². The van der Waals surface area contributed by atoms with Gasteiger partial charge in [0.15, 0.2) is 0 Å². The average Bonchev–Trinajstić information content (AvgIpc) is 3.38. The van der Waals surface area contributed by atoms with E-state index < -0.39 is 29.5 Å². The van der Waals surface area contributed by atoms with Gasteiger partial charge in [0.05, 0.1) is 24.5 Å². The third kappa shape index (κ3) is 4.92. The van der Waals surface area contributed by atoms with Crippen LogP contribution in [-0.2, 0) is 9.53 Å². The molecule has 1 aliphatic rings. The fourth-order valence-electron chi connectivity index (χ4n) is 3.35. The van der Waals surface area contributed by atoms with Crippen molar-refractivity contribution in [1.82, 2.24) is 24.8 Å². The molecule has 1 atom stereocenters. The number of aromatic amines is 1. The minimum atomic E-state index is -0.662. The predicted octanol–water partition coefficient (Wildman–Crippen LogP) is 1.12. The molecule has 3 aromatic rings. The van der Waals surface area contributed by atoms with Gasteiger partial charge in [-0.15, -0.1) is 0 Å². The zero-order valence-electron chi connectivity index (χ0n) is 18.2. The van der Waals surface area contributed by atoms with Gasteiger partial charge in [0.1, 0.15) is 23.9 Å². The fraction of sp³-hybridized carbons (Fsp3) is 0.238. The second kappa shape index (κ2) is 9.13. The first-order chi connectivity index (χ1) is 16.2. The van der Waals surface area contributed by atoms with Crippen LogP contribution in [0.3, 0.4) is 0 Å². The number of ether oxygens (including phenoxy) is 1. The van der Waals surface area contributed by atoms with Gasteiger partial charge in [-0.3, -0.25) is 29.6 Å². The maximum atomic E-state index is 14.9. The van der Waals surface area contributed by atoms with Crippen LogP contribution < -0.4 is 21.1 Å². The molecule has 0 saturated carbocycles. The first-order valence-corrected chi connectivity index (χ1v) is 10.2. The number of anilines is 2. The Kier molecular flexibility index (Phi) is 6.08. The molecule has 1 saturated heterocycles. The highest BCUT2D eigenvalue weighted by Crippen LogP contribution is 2.25. The molecule has 3 amide bonds. The lowest BCUT2D eigenvalue weighted by Crippen LogP contribution is -2.33. The lowest BCUT2D eigenvalue weighted by molar-refractivity contribution is -0.119. The Balaban J connectivity index is 1.47. The number of imidazole rings is 1. The zero-order valence-corrected chi connectivity index (χ0v) is 18.2. The van der Waals surface area contributed by atoms with Crippen LogP contribution in [0.2, 0.25) is 0 Å². The van der Waals surface area contributed by atoms with Gasteiger partial charge in [-0.1, -0.05) is 0 Å². The monoisotopic (exact) mass is 469 g/mol. The topological polar surface area (TPSA) is 151 Å². The van der Waals surface area contributed by atoms with Crippen LogP contribution in [0.25, 0.3) is 5.69 Å². The van der Waals surface area contributed by atoms with Gasteiger partial charge in [-0.05, 0) is 25.1 Å². The molecule has 3 N–H and O–H groups in total. The normalized spacial score (nSPS) is 15.2. The fourth-order valence-corrected chi connectivity index (χ4v) is 3.35. The Morgan fingerprint density at radius 2 is 2.09 bits per heavy atom. The second-order valence-electron chi connectivity index (χ2n) is 7.54. The van der Waals surface area contributed by atoms with E-state index >= 15 is 0 Å². The third-order valence-corrected chi connectivity index (χ3v) is 4.89. The van der Waals surface area contributed by atoms with E-state index in [9.17, 15) is 23.6 Å². The molecular weight excluding hydrogens is 449 g/mol. The molecule has 34 heavy (non-hydrogen) atoms. The molecule has 1 aliphatic heterocycles. The minimum Gasteiger partial charge on any atom is -0.442 e. The number of carbonyl (C=O) groups excluding carboxylic acids is 3. The molecule has 0 unspecified atom stereocenters. The molecule has 0 radical (unpaired) electrons. The number of halogens is 1. The molecule has 0 spiro atoms. The summed E-state index contributed by atoms with van der Waals surface area (Å²) in [6.45, 7) is 3.28. The van der Waals surface area contributed by atoms with Crippen LogP contribution in [-0.4, -0.2) is 56.6 Å². The maximum Gasteiger partial charge on any atom is 0.414 e. The van der Waals surface area contributed by atoms with Crippen LogP contribution in [0.1, 0.15) is 23.1 Å². The van der Waals surface area contributed by atoms with Gasteiger partial charge in [0.2, 0.25) is 11.9 Å². The molecule has 0 bridgehead atoms. The SMILES string of the molecule is CC(=O)NC[C@H]1CN(c2ccc(-n3cnc(C(=O)Nc4nc(C)cc(=O)[nH]4)c3)c(F)c2)C(=O)O1. The van der Waals surface area contributed by atoms with Crippen molar-refractivity contribution < 1.29 is 23.5 Å². The van der Waals surface area contributed by atoms with Crippen LogP contribution in [0.4, 0.5) is 20.8 Å². The molecule has 4 rings (SSSR count). The van der Waals surface area contributed by atoms with Crippen molar-refractivity contribution in [2.75, 3.05) is 23.3 Å². The lowest BCUT2D eigenvalue weighted by atomic mass is 10.2. The third-order valence-electron chi connectivity index (χ3n) is 4.89. The molecule has 0 aliphatic carbocycles. The number of H-pyrrole nitrogens is 1. The molecule has 3 heterocycles. The smallest absolute Gasteiger partial charge is 0.414 e. The number of aromatic nitrogens is 4. The Hall–Kier alpha value is -4.55. The summed E-state index contributed by atoms with van der Waals surface area (Å²) < 4.78 is 21.4. The van der Waals surface area contributed by atoms with Gasteiger partial charge in [0.25, 0.3) is 11.5 Å². The summed E-state index contributed by atoms with van der Waals surface area (Å²) in [6, 6.07) is 5.41. The number of benzene rings is 1. The lowest BCUT2D eigenvalue weighted by Gasteiger charge is -2.14. The van der Waals surface area contributed by atoms with Crippen LogP contribution in [0.15, 0.2) is 41.6 Å². The Morgan fingerprint density at radius 1 is 1.29 bits per heavy atom. The Morgan fingerprint density at radius 3 is 2.79 bits per heavy atom. The number of aryl methyl sites for hydroxylation is 1. The van der Waals surface area contributed by atoms with E-state index in [1.165, 1.54) is 53.2 Å². The minimum absolute atomic E-state index is 0.0310. The van der Waals surface area contributed by atoms with Crippen molar-refractivity contribution in [3.63, 3.8) is 0 Å². The van der Waals surface area contributed by atoms with Crippen LogP contribution in [0, 0.1) is 12.7 Å². The van der Waals surface area contributed by atoms with Crippen molar-refractivity contribution in [2.24, 2.45) is 0 Å². The number of hydrogen-bond donors (Lipinski definition) is 3. The second-order valence-corrected chi connectivity index (χ2v) is 7.54. The summed E-state index contributed by atoms with van der Waals surface area (Å²) in [4.78, 5) is 58.8. The number of hydrogen-bond acceptors (Lipinski definition) is 7. The number of nitrogens with one attached hydrogen (secondary N) is 3. The largest absolute Gasteiger partial charge is 0.442 e. The van der Waals surface area contributed by atoms with E-state index in [1.54, 1.807) is 6.92 Å². The van der Waals surface area contributed by atoms with Crippen molar-refractivity contribution >= 4 is 29.5 Å². The zero-order chi connectivity index (χ0) is 24.4. The van der Waals surface area contributed by atoms with Crippen molar-refractivity contribution in [3.8, 4) is 5.69 Å². The van der Waals surface area contributed by atoms with Gasteiger partial charge in [-0.25, -0.2) is 19.2 Å². The van der Waals surface area contributed by atoms with Crippen LogP contribution >= 0.6 is 0 Å².